The summed E-state index contributed by atoms with van der Waals surface area (Å²) >= 11 is 0. The molecule has 2 aromatic rings. The average molecular weight is 328 g/mol. The van der Waals surface area contributed by atoms with Crippen molar-refractivity contribution in [1.82, 2.24) is 4.90 Å². The fraction of sp³-hybridized carbons (Fsp3) is 0.222. The van der Waals surface area contributed by atoms with E-state index in [4.69, 9.17) is 4.74 Å². The summed E-state index contributed by atoms with van der Waals surface area (Å²) in [5.74, 6) is -0.834. The predicted octanol–water partition coefficient (Wildman–Crippen LogP) is 2.55. The topological polar surface area (TPSA) is 58.6 Å². The highest BCUT2D eigenvalue weighted by atomic mass is 19.1. The first-order valence-corrected chi connectivity index (χ1v) is 7.67. The van der Waals surface area contributed by atoms with Gasteiger partial charge in [-0.2, -0.15) is 0 Å². The lowest BCUT2D eigenvalue weighted by molar-refractivity contribution is 0.0303. The lowest BCUT2D eigenvalue weighted by atomic mass is 10.1. The summed E-state index contributed by atoms with van der Waals surface area (Å²) in [5.41, 5.74) is 1.33. The maximum absolute atomic E-state index is 12.9. The number of rotatable bonds is 3. The highest BCUT2D eigenvalue weighted by molar-refractivity contribution is 6.06. The normalized spacial score (nSPS) is 14.3. The Morgan fingerprint density at radius 1 is 1.00 bits per heavy atom. The zero-order valence-corrected chi connectivity index (χ0v) is 13.0. The summed E-state index contributed by atoms with van der Waals surface area (Å²) in [6.45, 7) is 2.14. The molecule has 3 rings (SSSR count). The number of morpholine rings is 1. The van der Waals surface area contributed by atoms with Gasteiger partial charge in [-0.3, -0.25) is 9.59 Å². The number of ether oxygens (including phenoxy) is 1. The summed E-state index contributed by atoms with van der Waals surface area (Å²) in [7, 11) is 0. The van der Waals surface area contributed by atoms with Crippen molar-refractivity contribution in [3.63, 3.8) is 0 Å². The number of nitrogens with zero attached hydrogens (tertiary/aromatic N) is 1. The minimum atomic E-state index is -0.369. The van der Waals surface area contributed by atoms with E-state index in [2.05, 4.69) is 5.32 Å². The van der Waals surface area contributed by atoms with Gasteiger partial charge in [-0.15, -0.1) is 0 Å². The molecule has 1 saturated heterocycles. The van der Waals surface area contributed by atoms with Gasteiger partial charge in [-0.1, -0.05) is 6.07 Å². The molecule has 2 aromatic carbocycles. The Bertz CT molecular complexity index is 740. The van der Waals surface area contributed by atoms with E-state index in [1.807, 2.05) is 0 Å². The zero-order chi connectivity index (χ0) is 16.9. The standard InChI is InChI=1S/C18H17FN2O3/c19-15-4-6-16(7-5-15)20-17(22)13-2-1-3-14(12-13)18(23)21-8-10-24-11-9-21/h1-7,12H,8-11H2,(H,20,22). The third-order valence-corrected chi connectivity index (χ3v) is 3.77. The number of hydrogen-bond donors (Lipinski definition) is 1. The smallest absolute Gasteiger partial charge is 0.255 e. The monoisotopic (exact) mass is 328 g/mol. The molecule has 0 unspecified atom stereocenters. The summed E-state index contributed by atoms with van der Waals surface area (Å²) < 4.78 is 18.1. The largest absolute Gasteiger partial charge is 0.378 e. The predicted molar refractivity (Wildman–Crippen MR) is 87.5 cm³/mol. The van der Waals surface area contributed by atoms with Crippen LogP contribution in [0.15, 0.2) is 48.5 Å². The van der Waals surface area contributed by atoms with Crippen LogP contribution in [0.2, 0.25) is 0 Å². The fourth-order valence-corrected chi connectivity index (χ4v) is 2.48. The Balaban J connectivity index is 1.73. The van der Waals surface area contributed by atoms with Gasteiger partial charge < -0.3 is 15.0 Å². The van der Waals surface area contributed by atoms with Gasteiger partial charge in [-0.05, 0) is 42.5 Å². The number of nitrogens with one attached hydrogen (secondary N) is 1. The van der Waals surface area contributed by atoms with Gasteiger partial charge in [0.05, 0.1) is 13.2 Å². The van der Waals surface area contributed by atoms with Gasteiger partial charge in [0.1, 0.15) is 5.82 Å². The second-order valence-corrected chi connectivity index (χ2v) is 5.45. The molecule has 0 radical (unpaired) electrons. The molecular weight excluding hydrogens is 311 g/mol. The van der Waals surface area contributed by atoms with Crippen LogP contribution in [0, 0.1) is 5.82 Å². The lowest BCUT2D eigenvalue weighted by Gasteiger charge is -2.27. The molecule has 2 amide bonds. The number of carbonyl (C=O) groups excluding carboxylic acids is 2. The van der Waals surface area contributed by atoms with Crippen molar-refractivity contribution in [2.75, 3.05) is 31.6 Å². The molecule has 0 aromatic heterocycles. The molecule has 1 aliphatic heterocycles. The number of amides is 2. The minimum Gasteiger partial charge on any atom is -0.378 e. The highest BCUT2D eigenvalue weighted by Crippen LogP contribution is 2.13. The quantitative estimate of drug-likeness (QED) is 0.942. The maximum atomic E-state index is 12.9. The van der Waals surface area contributed by atoms with Gasteiger partial charge in [0, 0.05) is 29.9 Å². The molecule has 0 aliphatic carbocycles. The van der Waals surface area contributed by atoms with Crippen molar-refractivity contribution in [2.24, 2.45) is 0 Å². The van der Waals surface area contributed by atoms with Crippen molar-refractivity contribution >= 4 is 17.5 Å². The van der Waals surface area contributed by atoms with E-state index in [9.17, 15) is 14.0 Å². The first-order chi connectivity index (χ1) is 11.6. The van der Waals surface area contributed by atoms with Crippen LogP contribution in [-0.2, 0) is 4.74 Å². The van der Waals surface area contributed by atoms with E-state index in [0.29, 0.717) is 43.1 Å². The highest BCUT2D eigenvalue weighted by Gasteiger charge is 2.19. The van der Waals surface area contributed by atoms with Crippen LogP contribution in [0.5, 0.6) is 0 Å². The van der Waals surface area contributed by atoms with Gasteiger partial charge in [0.25, 0.3) is 11.8 Å². The van der Waals surface area contributed by atoms with Crippen molar-refractivity contribution in [1.29, 1.82) is 0 Å². The Labute approximate surface area is 139 Å². The van der Waals surface area contributed by atoms with Crippen molar-refractivity contribution in [3.05, 3.63) is 65.5 Å². The Hall–Kier alpha value is -2.73. The average Bonchev–Trinajstić information content (AvgIpc) is 2.64. The first kappa shape index (κ1) is 16.1. The SMILES string of the molecule is O=C(Nc1ccc(F)cc1)c1cccc(C(=O)N2CCOCC2)c1. The van der Waals surface area contributed by atoms with Crippen LogP contribution in [-0.4, -0.2) is 43.0 Å². The molecule has 0 spiro atoms. The molecule has 0 saturated carbocycles. The molecule has 1 heterocycles. The van der Waals surface area contributed by atoms with E-state index in [0.717, 1.165) is 0 Å². The summed E-state index contributed by atoms with van der Waals surface area (Å²) in [6.07, 6.45) is 0. The summed E-state index contributed by atoms with van der Waals surface area (Å²) in [6, 6.07) is 12.1. The van der Waals surface area contributed by atoms with E-state index in [1.165, 1.54) is 24.3 Å². The fourth-order valence-electron chi connectivity index (χ4n) is 2.48. The van der Waals surface area contributed by atoms with Crippen LogP contribution in [0.1, 0.15) is 20.7 Å². The summed E-state index contributed by atoms with van der Waals surface area (Å²) in [5, 5.41) is 2.68. The maximum Gasteiger partial charge on any atom is 0.255 e. The second kappa shape index (κ2) is 7.23. The van der Waals surface area contributed by atoms with Gasteiger partial charge >= 0.3 is 0 Å². The molecule has 6 heteroatoms. The van der Waals surface area contributed by atoms with Crippen LogP contribution in [0.3, 0.4) is 0 Å². The molecule has 5 nitrogen and oxygen atoms in total. The van der Waals surface area contributed by atoms with E-state index >= 15 is 0 Å². The molecule has 1 fully saturated rings. The molecule has 1 N–H and O–H groups in total. The third-order valence-electron chi connectivity index (χ3n) is 3.77. The van der Waals surface area contributed by atoms with Gasteiger partial charge in [0.15, 0.2) is 0 Å². The Kier molecular flexibility index (Phi) is 4.86. The lowest BCUT2D eigenvalue weighted by Crippen LogP contribution is -2.40. The molecule has 124 valence electrons. The number of benzene rings is 2. The zero-order valence-electron chi connectivity index (χ0n) is 13.0. The molecular formula is C18H17FN2O3. The number of carbonyl (C=O) groups is 2. The first-order valence-electron chi connectivity index (χ1n) is 7.67. The van der Waals surface area contributed by atoms with Gasteiger partial charge in [-0.25, -0.2) is 4.39 Å². The second-order valence-electron chi connectivity index (χ2n) is 5.45. The van der Waals surface area contributed by atoms with Crippen molar-refractivity contribution < 1.29 is 18.7 Å². The number of halogens is 1. The van der Waals surface area contributed by atoms with Crippen LogP contribution in [0.25, 0.3) is 0 Å². The van der Waals surface area contributed by atoms with E-state index in [1.54, 1.807) is 29.2 Å². The number of anilines is 1. The molecule has 1 aliphatic rings. The van der Waals surface area contributed by atoms with Crippen molar-refractivity contribution in [3.8, 4) is 0 Å². The Morgan fingerprint density at radius 3 is 2.38 bits per heavy atom. The van der Waals surface area contributed by atoms with Crippen molar-refractivity contribution in [2.45, 2.75) is 0 Å². The Morgan fingerprint density at radius 2 is 1.67 bits per heavy atom. The third kappa shape index (κ3) is 3.78. The van der Waals surface area contributed by atoms with E-state index < -0.39 is 0 Å². The van der Waals surface area contributed by atoms with Crippen LogP contribution >= 0.6 is 0 Å². The molecule has 0 atom stereocenters. The van der Waals surface area contributed by atoms with E-state index in [-0.39, 0.29) is 17.6 Å². The van der Waals surface area contributed by atoms with Crippen LogP contribution in [0.4, 0.5) is 10.1 Å². The van der Waals surface area contributed by atoms with Crippen LogP contribution < -0.4 is 5.32 Å². The molecule has 24 heavy (non-hydrogen) atoms. The minimum absolute atomic E-state index is 0.116. The summed E-state index contributed by atoms with van der Waals surface area (Å²) in [4.78, 5) is 26.5. The number of hydrogen-bond acceptors (Lipinski definition) is 3. The molecule has 0 bridgehead atoms. The van der Waals surface area contributed by atoms with Gasteiger partial charge in [0.2, 0.25) is 0 Å².